The van der Waals surface area contributed by atoms with Crippen LogP contribution in [0.25, 0.3) is 10.9 Å². The van der Waals surface area contributed by atoms with E-state index in [1.54, 1.807) is 24.5 Å². The van der Waals surface area contributed by atoms with Crippen molar-refractivity contribution in [2.75, 3.05) is 5.32 Å². The second-order valence-corrected chi connectivity index (χ2v) is 6.63. The summed E-state index contributed by atoms with van der Waals surface area (Å²) in [5.41, 5.74) is 0.326. The summed E-state index contributed by atoms with van der Waals surface area (Å²) in [6.45, 7) is 0. The number of aromatic nitrogens is 3. The Morgan fingerprint density at radius 3 is 2.79 bits per heavy atom. The van der Waals surface area contributed by atoms with Crippen molar-refractivity contribution < 1.29 is 14.1 Å². The number of nitrogens with zero attached hydrogens (tertiary/aromatic N) is 3. The van der Waals surface area contributed by atoms with Crippen LogP contribution in [0.3, 0.4) is 0 Å². The van der Waals surface area contributed by atoms with Crippen LogP contribution in [0.15, 0.2) is 59.6 Å². The van der Waals surface area contributed by atoms with Crippen LogP contribution < -0.4 is 10.1 Å². The summed E-state index contributed by atoms with van der Waals surface area (Å²) in [5.74, 6) is 0.203. The average molecular weight is 444 g/mol. The molecule has 0 aliphatic rings. The average Bonchev–Trinajstić information content (AvgIpc) is 3.16. The number of hydrogen-bond donors (Lipinski definition) is 2. The Morgan fingerprint density at radius 1 is 1.21 bits per heavy atom. The number of nitro benzene ring substituents is 1. The maximum Gasteiger partial charge on any atom is 0.312 e. The lowest BCUT2D eigenvalue weighted by Crippen LogP contribution is -2.00. The van der Waals surface area contributed by atoms with Gasteiger partial charge < -0.3 is 15.0 Å². The van der Waals surface area contributed by atoms with Gasteiger partial charge in [0.15, 0.2) is 0 Å². The highest BCUT2D eigenvalue weighted by molar-refractivity contribution is 9.10. The van der Waals surface area contributed by atoms with Gasteiger partial charge in [0.05, 0.1) is 21.5 Å². The van der Waals surface area contributed by atoms with E-state index in [0.29, 0.717) is 21.1 Å². The summed E-state index contributed by atoms with van der Waals surface area (Å²) >= 11 is 3.19. The molecule has 28 heavy (non-hydrogen) atoms. The third-order valence-electron chi connectivity index (χ3n) is 3.89. The monoisotopic (exact) mass is 443 g/mol. The molecule has 0 spiro atoms. The highest BCUT2D eigenvalue weighted by Crippen LogP contribution is 2.37. The summed E-state index contributed by atoms with van der Waals surface area (Å²) in [7, 11) is 0. The van der Waals surface area contributed by atoms with E-state index in [9.17, 15) is 14.5 Å². The quantitative estimate of drug-likeness (QED) is 0.320. The van der Waals surface area contributed by atoms with Gasteiger partial charge in [-0.25, -0.2) is 14.4 Å². The van der Waals surface area contributed by atoms with Crippen molar-refractivity contribution in [3.8, 4) is 11.5 Å². The summed E-state index contributed by atoms with van der Waals surface area (Å²) in [6.07, 6.45) is 4.49. The van der Waals surface area contributed by atoms with Gasteiger partial charge in [-0.3, -0.25) is 10.1 Å². The molecule has 0 saturated heterocycles. The summed E-state index contributed by atoms with van der Waals surface area (Å²) in [6, 6.07) is 8.89. The maximum absolute atomic E-state index is 14.2. The van der Waals surface area contributed by atoms with Gasteiger partial charge in [-0.1, -0.05) is 15.9 Å². The number of anilines is 2. The number of H-pyrrole nitrogens is 1. The van der Waals surface area contributed by atoms with Crippen molar-refractivity contribution in [2.24, 2.45) is 0 Å². The van der Waals surface area contributed by atoms with Gasteiger partial charge in [-0.15, -0.1) is 0 Å². The molecule has 2 heterocycles. The van der Waals surface area contributed by atoms with Crippen molar-refractivity contribution in [3.05, 3.63) is 75.5 Å². The molecule has 2 aromatic carbocycles. The normalized spacial score (nSPS) is 10.8. The lowest BCUT2D eigenvalue weighted by molar-refractivity contribution is -0.385. The van der Waals surface area contributed by atoms with Crippen LogP contribution in [0.5, 0.6) is 11.5 Å². The number of aromatic amines is 1. The molecular formula is C18H11BrFN5O3. The fraction of sp³-hybridized carbons (Fsp3) is 0. The molecule has 10 heteroatoms. The highest BCUT2D eigenvalue weighted by Gasteiger charge is 2.20. The number of hydrogen-bond acceptors (Lipinski definition) is 6. The van der Waals surface area contributed by atoms with Crippen LogP contribution >= 0.6 is 15.9 Å². The molecule has 0 atom stereocenters. The van der Waals surface area contributed by atoms with E-state index >= 15 is 0 Å². The number of benzene rings is 2. The molecule has 0 bridgehead atoms. The Labute approximate surface area is 165 Å². The largest absolute Gasteiger partial charge is 0.448 e. The van der Waals surface area contributed by atoms with E-state index in [2.05, 4.69) is 36.2 Å². The lowest BCUT2D eigenvalue weighted by Gasteiger charge is -2.11. The number of rotatable bonds is 5. The number of fused-ring (bicyclic) bond motifs is 1. The second-order valence-electron chi connectivity index (χ2n) is 5.71. The Balaban J connectivity index is 1.80. The zero-order valence-corrected chi connectivity index (χ0v) is 15.6. The Bertz CT molecular complexity index is 1180. The van der Waals surface area contributed by atoms with Crippen molar-refractivity contribution >= 4 is 44.0 Å². The van der Waals surface area contributed by atoms with E-state index in [1.807, 2.05) is 0 Å². The number of nitrogens with one attached hydrogen (secondary N) is 2. The zero-order valence-electron chi connectivity index (χ0n) is 14.0. The van der Waals surface area contributed by atoms with Gasteiger partial charge in [-0.05, 0) is 24.3 Å². The van der Waals surface area contributed by atoms with E-state index in [1.165, 1.54) is 30.6 Å². The number of nitro groups is 1. The van der Waals surface area contributed by atoms with Crippen molar-refractivity contribution in [1.82, 2.24) is 15.0 Å². The van der Waals surface area contributed by atoms with Crippen LogP contribution in [-0.2, 0) is 0 Å². The molecule has 0 saturated carbocycles. The minimum Gasteiger partial charge on any atom is -0.448 e. The maximum atomic E-state index is 14.2. The smallest absolute Gasteiger partial charge is 0.312 e. The van der Waals surface area contributed by atoms with E-state index in [-0.39, 0.29) is 22.9 Å². The topological polar surface area (TPSA) is 106 Å². The Morgan fingerprint density at radius 2 is 2.07 bits per heavy atom. The van der Waals surface area contributed by atoms with Gasteiger partial charge in [0, 0.05) is 29.0 Å². The molecule has 0 aliphatic heterocycles. The molecule has 2 N–H and O–H groups in total. The van der Waals surface area contributed by atoms with Crippen molar-refractivity contribution in [3.63, 3.8) is 0 Å². The highest BCUT2D eigenvalue weighted by atomic mass is 79.9. The Hall–Kier alpha value is -3.53. The molecule has 4 aromatic rings. The standard InChI is InChI=1S/C18H11BrFN5O3/c19-10-1-2-14(13(20)5-10)24-18-12-6-16(25(26)27)17(7-15(12)22-9-23-18)28-11-3-4-21-8-11/h1-9,21H,(H,22,23,24). The minimum atomic E-state index is -0.557. The molecule has 8 nitrogen and oxygen atoms in total. The summed E-state index contributed by atoms with van der Waals surface area (Å²) in [4.78, 5) is 22.1. The third kappa shape index (κ3) is 3.49. The number of halogens is 2. The first kappa shape index (κ1) is 17.9. The zero-order chi connectivity index (χ0) is 19.7. The summed E-state index contributed by atoms with van der Waals surface area (Å²) < 4.78 is 20.3. The molecule has 0 fully saturated rings. The predicted molar refractivity (Wildman–Crippen MR) is 104 cm³/mol. The first-order valence-electron chi connectivity index (χ1n) is 7.97. The SMILES string of the molecule is O=[N+]([O-])c1cc2c(Nc3ccc(Br)cc3F)ncnc2cc1Oc1cc[nH]c1. The van der Waals surface area contributed by atoms with Gasteiger partial charge in [-0.2, -0.15) is 0 Å². The Kier molecular flexibility index (Phi) is 4.62. The number of ether oxygens (including phenoxy) is 1. The minimum absolute atomic E-state index is 0.0385. The fourth-order valence-corrected chi connectivity index (χ4v) is 2.95. The molecule has 4 rings (SSSR count). The molecule has 0 aliphatic carbocycles. The molecule has 140 valence electrons. The van der Waals surface area contributed by atoms with Gasteiger partial charge in [0.1, 0.15) is 23.7 Å². The third-order valence-corrected chi connectivity index (χ3v) is 4.39. The second kappa shape index (κ2) is 7.24. The van der Waals surface area contributed by atoms with Gasteiger partial charge >= 0.3 is 5.69 Å². The summed E-state index contributed by atoms with van der Waals surface area (Å²) in [5, 5.41) is 14.8. The van der Waals surface area contributed by atoms with E-state index < -0.39 is 10.7 Å². The lowest BCUT2D eigenvalue weighted by atomic mass is 10.2. The van der Waals surface area contributed by atoms with E-state index in [0.717, 1.165) is 0 Å². The molecule has 2 aromatic heterocycles. The van der Waals surface area contributed by atoms with Crippen LogP contribution in [0, 0.1) is 15.9 Å². The molecule has 0 unspecified atom stereocenters. The molecule has 0 radical (unpaired) electrons. The van der Waals surface area contributed by atoms with E-state index in [4.69, 9.17) is 4.74 Å². The van der Waals surface area contributed by atoms with Crippen LogP contribution in [0.4, 0.5) is 21.6 Å². The molecule has 0 amide bonds. The molecular weight excluding hydrogens is 433 g/mol. The van der Waals surface area contributed by atoms with Gasteiger partial charge in [0.2, 0.25) is 5.75 Å². The first-order chi connectivity index (χ1) is 13.5. The van der Waals surface area contributed by atoms with Crippen LogP contribution in [0.1, 0.15) is 0 Å². The van der Waals surface area contributed by atoms with Crippen LogP contribution in [-0.4, -0.2) is 19.9 Å². The fourth-order valence-electron chi connectivity index (χ4n) is 2.61. The predicted octanol–water partition coefficient (Wildman–Crippen LogP) is 5.30. The van der Waals surface area contributed by atoms with Crippen LogP contribution in [0.2, 0.25) is 0 Å². The first-order valence-corrected chi connectivity index (χ1v) is 8.76. The van der Waals surface area contributed by atoms with Crippen molar-refractivity contribution in [1.29, 1.82) is 0 Å². The van der Waals surface area contributed by atoms with Crippen molar-refractivity contribution in [2.45, 2.75) is 0 Å². The van der Waals surface area contributed by atoms with Gasteiger partial charge in [0.25, 0.3) is 0 Å².